The summed E-state index contributed by atoms with van der Waals surface area (Å²) in [5.74, 6) is 0. The Morgan fingerprint density at radius 2 is 0.538 bits per heavy atom. The van der Waals surface area contributed by atoms with Crippen LogP contribution in [0.2, 0.25) is 0 Å². The zero-order valence-corrected chi connectivity index (χ0v) is 58.4. The van der Waals surface area contributed by atoms with Crippen LogP contribution in [0.4, 0.5) is 34.1 Å². The number of fused-ring (bicyclic) bond motifs is 19. The zero-order chi connectivity index (χ0) is 68.8. The maximum Gasteiger partial charge on any atom is 0.0726 e. The molecule has 0 saturated carbocycles. The molecule has 0 atom stereocenters. The molecule has 17 aromatic rings. The molecule has 488 valence electrons. The van der Waals surface area contributed by atoms with E-state index in [0.717, 1.165) is 45.3 Å². The fraction of sp³-hybridized carbons (Fsp3) is 0.0495. The van der Waals surface area contributed by atoms with Crippen molar-refractivity contribution in [2.24, 2.45) is 0 Å². The molecular weight excluding hydrogens is 1270 g/mol. The summed E-state index contributed by atoms with van der Waals surface area (Å²) in [6.45, 7) is 4.46. The minimum atomic E-state index is -0.604. The summed E-state index contributed by atoms with van der Waals surface area (Å²) in [4.78, 5) is 5.04. The molecule has 0 amide bonds. The summed E-state index contributed by atoms with van der Waals surface area (Å²) in [5, 5.41) is 2.55. The Kier molecular flexibility index (Phi) is 13.4. The van der Waals surface area contributed by atoms with Crippen LogP contribution in [0.5, 0.6) is 0 Å². The summed E-state index contributed by atoms with van der Waals surface area (Å²) in [7, 11) is 0. The van der Waals surface area contributed by atoms with Gasteiger partial charge >= 0.3 is 0 Å². The monoisotopic (exact) mass is 1340 g/mol. The Balaban J connectivity index is 0.735. The summed E-state index contributed by atoms with van der Waals surface area (Å²) in [5.41, 5.74) is 35.2. The van der Waals surface area contributed by atoms with Gasteiger partial charge in [-0.15, -0.1) is 11.3 Å². The molecule has 0 aliphatic heterocycles. The first-order valence-electron chi connectivity index (χ1n) is 36.3. The number of aryl methyl sites for hydroxylation is 2. The van der Waals surface area contributed by atoms with Crippen LogP contribution in [0.25, 0.3) is 75.8 Å². The topological polar surface area (TPSA) is 6.48 Å². The van der Waals surface area contributed by atoms with E-state index in [9.17, 15) is 0 Å². The van der Waals surface area contributed by atoms with Gasteiger partial charge in [0.2, 0.25) is 0 Å². The van der Waals surface area contributed by atoms with Gasteiger partial charge in [-0.25, -0.2) is 0 Å². The minimum Gasteiger partial charge on any atom is -0.310 e. The molecule has 1 aromatic heterocycles. The first-order chi connectivity index (χ1) is 51.4. The molecule has 0 radical (unpaired) electrons. The molecule has 21 rings (SSSR count). The minimum absolute atomic E-state index is 0.489. The van der Waals surface area contributed by atoms with Gasteiger partial charge in [0.1, 0.15) is 0 Å². The van der Waals surface area contributed by atoms with Crippen molar-refractivity contribution in [1.82, 2.24) is 0 Å². The SMILES string of the molecule is Cc1ccc2c(c1)C(c1ccccc1)(c1ccccc1)c1cc(N(c3ccc(-c4ccc(N(c5ccc6c(c5)C5(c7ccccc7-c7ccccc75)c5ccccc5-6)c5cccc6c5sc5ccccc56)cc4)cc3)c3ccc4c(c3)C(c3ccccc3)(c3ccccc3)c3cc(C)ccc3-4)ccc1-2. The normalized spacial score (nSPS) is 13.9. The lowest BCUT2D eigenvalue weighted by Gasteiger charge is -2.36. The summed E-state index contributed by atoms with van der Waals surface area (Å²) < 4.78 is 2.54. The molecule has 0 N–H and O–H groups in total. The Labute approximate surface area is 611 Å². The average Bonchev–Trinajstić information content (AvgIpc) is 1.55. The summed E-state index contributed by atoms with van der Waals surface area (Å²) in [6, 6.07) is 143. The second kappa shape index (κ2) is 23.2. The van der Waals surface area contributed by atoms with Crippen molar-refractivity contribution >= 4 is 65.6 Å². The Morgan fingerprint density at radius 1 is 0.221 bits per heavy atom. The maximum absolute atomic E-state index is 2.52. The zero-order valence-electron chi connectivity index (χ0n) is 57.6. The van der Waals surface area contributed by atoms with E-state index in [-0.39, 0.29) is 0 Å². The highest BCUT2D eigenvalue weighted by atomic mass is 32.1. The smallest absolute Gasteiger partial charge is 0.0726 e. The predicted molar refractivity (Wildman–Crippen MR) is 435 cm³/mol. The van der Waals surface area contributed by atoms with Crippen LogP contribution in [-0.2, 0) is 16.2 Å². The van der Waals surface area contributed by atoms with Crippen LogP contribution in [0.3, 0.4) is 0 Å². The van der Waals surface area contributed by atoms with Crippen molar-refractivity contribution in [2.45, 2.75) is 30.1 Å². The molecule has 4 aliphatic rings. The largest absolute Gasteiger partial charge is 0.310 e. The van der Waals surface area contributed by atoms with Crippen molar-refractivity contribution in [3.63, 3.8) is 0 Å². The van der Waals surface area contributed by atoms with Crippen molar-refractivity contribution in [1.29, 1.82) is 0 Å². The Hall–Kier alpha value is -12.7. The van der Waals surface area contributed by atoms with Gasteiger partial charge in [0.05, 0.1) is 26.6 Å². The van der Waals surface area contributed by atoms with Gasteiger partial charge in [-0.3, -0.25) is 0 Å². The van der Waals surface area contributed by atoms with Crippen molar-refractivity contribution < 1.29 is 0 Å². The third-order valence-electron chi connectivity index (χ3n) is 23.3. The maximum atomic E-state index is 2.52. The van der Waals surface area contributed by atoms with Gasteiger partial charge in [-0.1, -0.05) is 314 Å². The molecule has 104 heavy (non-hydrogen) atoms. The molecular formula is C101H68N2S. The van der Waals surface area contributed by atoms with E-state index >= 15 is 0 Å². The number of nitrogens with zero attached hydrogens (tertiary/aromatic N) is 2. The first kappa shape index (κ1) is 60.1. The van der Waals surface area contributed by atoms with Crippen LogP contribution < -0.4 is 9.80 Å². The van der Waals surface area contributed by atoms with E-state index in [2.05, 4.69) is 400 Å². The molecule has 16 aromatic carbocycles. The van der Waals surface area contributed by atoms with Gasteiger partial charge in [0.25, 0.3) is 0 Å². The second-order valence-corrected chi connectivity index (χ2v) is 29.7. The molecule has 2 nitrogen and oxygen atoms in total. The molecule has 0 saturated heterocycles. The lowest BCUT2D eigenvalue weighted by molar-refractivity contribution is 0.766. The number of thiophene rings is 1. The highest BCUT2D eigenvalue weighted by Gasteiger charge is 2.53. The molecule has 0 bridgehead atoms. The highest BCUT2D eigenvalue weighted by molar-refractivity contribution is 7.26. The number of anilines is 6. The molecule has 0 fully saturated rings. The number of rotatable bonds is 11. The molecule has 1 spiro atoms. The van der Waals surface area contributed by atoms with E-state index in [0.29, 0.717) is 0 Å². The van der Waals surface area contributed by atoms with Crippen LogP contribution in [0.1, 0.15) is 77.9 Å². The number of hydrogen-bond donors (Lipinski definition) is 0. The number of hydrogen-bond acceptors (Lipinski definition) is 3. The van der Waals surface area contributed by atoms with E-state index in [4.69, 9.17) is 0 Å². The quantitative estimate of drug-likeness (QED) is 0.127. The van der Waals surface area contributed by atoms with Gasteiger partial charge in [-0.05, 0) is 209 Å². The third kappa shape index (κ3) is 8.50. The predicted octanol–water partition coefficient (Wildman–Crippen LogP) is 26.3. The van der Waals surface area contributed by atoms with Crippen LogP contribution in [0.15, 0.2) is 376 Å². The van der Waals surface area contributed by atoms with Crippen LogP contribution in [-0.4, -0.2) is 0 Å². The van der Waals surface area contributed by atoms with Crippen LogP contribution >= 0.6 is 11.3 Å². The fourth-order valence-corrected chi connectivity index (χ4v) is 20.3. The van der Waals surface area contributed by atoms with Gasteiger partial charge in [-0.2, -0.15) is 0 Å². The van der Waals surface area contributed by atoms with Gasteiger partial charge in [0.15, 0.2) is 0 Å². The fourth-order valence-electron chi connectivity index (χ4n) is 19.1. The number of benzene rings is 16. The van der Waals surface area contributed by atoms with E-state index < -0.39 is 16.2 Å². The second-order valence-electron chi connectivity index (χ2n) is 28.7. The highest BCUT2D eigenvalue weighted by Crippen LogP contribution is 2.65. The first-order valence-corrected chi connectivity index (χ1v) is 37.1. The molecule has 3 heteroatoms. The average molecular weight is 1340 g/mol. The van der Waals surface area contributed by atoms with Crippen molar-refractivity contribution in [3.05, 3.63) is 454 Å². The van der Waals surface area contributed by atoms with E-state index in [1.807, 2.05) is 11.3 Å². The Bertz CT molecular complexity index is 5980. The third-order valence-corrected chi connectivity index (χ3v) is 24.6. The van der Waals surface area contributed by atoms with Crippen LogP contribution in [0, 0.1) is 13.8 Å². The summed E-state index contributed by atoms with van der Waals surface area (Å²) >= 11 is 1.88. The molecule has 4 aliphatic carbocycles. The van der Waals surface area contributed by atoms with E-state index in [1.54, 1.807) is 0 Å². The standard InChI is InChI=1S/C101H68N2S/c1-65-42-55-81-84-57-52-75(62-93(84)99(91(81)60-65,69-24-7-3-8-25-69)70-26-9-4-10-27-70)102(76-53-58-85-82-56-43-66(2)61-92(82)100(94(85)63-76,71-28-11-5-12-29-71)72-30-13-6-14-31-72)73-48-44-67(45-49-73)68-46-50-74(51-47-68)103(96-40-23-36-87-86-35-18-22-41-97(86)104-98(87)96)77-54-59-83-80-34-17-21-39-90(80)101(95(83)64-77)88-37-19-15-32-78(88)79-33-16-20-38-89(79)101/h3-64H,1-2H3. The molecule has 0 unspecified atom stereocenters. The lowest BCUT2D eigenvalue weighted by Crippen LogP contribution is -2.29. The Morgan fingerprint density at radius 3 is 0.971 bits per heavy atom. The molecule has 1 heterocycles. The summed E-state index contributed by atoms with van der Waals surface area (Å²) in [6.07, 6.45) is 0. The van der Waals surface area contributed by atoms with Gasteiger partial charge < -0.3 is 9.80 Å². The van der Waals surface area contributed by atoms with Gasteiger partial charge in [0, 0.05) is 43.9 Å². The van der Waals surface area contributed by atoms with E-state index in [1.165, 1.54) is 143 Å². The van der Waals surface area contributed by atoms with Crippen molar-refractivity contribution in [3.8, 4) is 55.6 Å². The lowest BCUT2D eigenvalue weighted by atomic mass is 9.67. The van der Waals surface area contributed by atoms with Crippen molar-refractivity contribution in [2.75, 3.05) is 9.80 Å².